The lowest BCUT2D eigenvalue weighted by Gasteiger charge is -2.21. The zero-order valence-electron chi connectivity index (χ0n) is 14.0. The zero-order chi connectivity index (χ0) is 16.0. The summed E-state index contributed by atoms with van der Waals surface area (Å²) in [7, 11) is 0. The van der Waals surface area contributed by atoms with Crippen LogP contribution in [0, 0.1) is 5.92 Å². The van der Waals surface area contributed by atoms with Gasteiger partial charge in [-0.2, -0.15) is 0 Å². The van der Waals surface area contributed by atoms with E-state index >= 15 is 0 Å². The van der Waals surface area contributed by atoms with Gasteiger partial charge in [-0.25, -0.2) is 9.97 Å². The Morgan fingerprint density at radius 2 is 1.90 bits per heavy atom. The molecule has 0 aromatic carbocycles. The summed E-state index contributed by atoms with van der Waals surface area (Å²) in [6.07, 6.45) is 2.61. The van der Waals surface area contributed by atoms with E-state index in [9.17, 15) is 4.79 Å². The fourth-order valence-electron chi connectivity index (χ4n) is 2.14. The highest BCUT2D eigenvalue weighted by Crippen LogP contribution is 2.17. The molecule has 0 spiro atoms. The maximum Gasteiger partial charge on any atom is 0.272 e. The number of hydrogen-bond acceptors (Lipinski definition) is 4. The van der Waals surface area contributed by atoms with Crippen molar-refractivity contribution in [2.75, 3.05) is 11.9 Å². The number of amides is 1. The molecule has 1 aromatic heterocycles. The van der Waals surface area contributed by atoms with Crippen LogP contribution in [0.15, 0.2) is 6.20 Å². The zero-order valence-corrected chi connectivity index (χ0v) is 14.0. The molecule has 2 N–H and O–H groups in total. The minimum absolute atomic E-state index is 0.129. The minimum atomic E-state index is -0.129. The van der Waals surface area contributed by atoms with Crippen molar-refractivity contribution in [3.8, 4) is 0 Å². The molecule has 1 atom stereocenters. The van der Waals surface area contributed by atoms with Crippen LogP contribution in [0.4, 0.5) is 5.69 Å². The lowest BCUT2D eigenvalue weighted by molar-refractivity contribution is 0.0920. The van der Waals surface area contributed by atoms with Gasteiger partial charge in [-0.15, -0.1) is 0 Å². The van der Waals surface area contributed by atoms with Crippen LogP contribution in [0.1, 0.15) is 70.2 Å². The number of nitrogens with zero attached hydrogens (tertiary/aromatic N) is 2. The van der Waals surface area contributed by atoms with E-state index in [2.05, 4.69) is 41.4 Å². The van der Waals surface area contributed by atoms with E-state index in [-0.39, 0.29) is 17.9 Å². The van der Waals surface area contributed by atoms with Gasteiger partial charge in [0.2, 0.25) is 0 Å². The lowest BCUT2D eigenvalue weighted by atomic mass is 10.0. The summed E-state index contributed by atoms with van der Waals surface area (Å²) in [5.41, 5.74) is 1.13. The third kappa shape index (κ3) is 4.69. The first-order valence-corrected chi connectivity index (χ1v) is 7.82. The van der Waals surface area contributed by atoms with E-state index in [0.29, 0.717) is 23.1 Å². The quantitative estimate of drug-likeness (QED) is 0.810. The fraction of sp³-hybridized carbons (Fsp3) is 0.688. The lowest BCUT2D eigenvalue weighted by Crippen LogP contribution is -2.39. The molecule has 0 bridgehead atoms. The molecule has 0 aliphatic heterocycles. The van der Waals surface area contributed by atoms with E-state index in [1.54, 1.807) is 6.20 Å². The first kappa shape index (κ1) is 17.4. The van der Waals surface area contributed by atoms with Crippen molar-refractivity contribution in [3.05, 3.63) is 17.7 Å². The summed E-state index contributed by atoms with van der Waals surface area (Å²) < 4.78 is 0. The summed E-state index contributed by atoms with van der Waals surface area (Å²) in [4.78, 5) is 21.3. The highest BCUT2D eigenvalue weighted by Gasteiger charge is 2.20. The maximum absolute atomic E-state index is 12.5. The molecule has 0 saturated carbocycles. The Balaban J connectivity index is 3.06. The van der Waals surface area contributed by atoms with Crippen LogP contribution >= 0.6 is 0 Å². The second-order valence-corrected chi connectivity index (χ2v) is 5.91. The van der Waals surface area contributed by atoms with Gasteiger partial charge in [-0.05, 0) is 19.3 Å². The predicted octanol–water partition coefficient (Wildman–Crippen LogP) is 3.20. The molecule has 1 heterocycles. The molecule has 1 unspecified atom stereocenters. The summed E-state index contributed by atoms with van der Waals surface area (Å²) in [5, 5.41) is 6.24. The van der Waals surface area contributed by atoms with Gasteiger partial charge in [0.05, 0.1) is 11.9 Å². The van der Waals surface area contributed by atoms with E-state index < -0.39 is 0 Å². The second kappa shape index (κ2) is 7.96. The van der Waals surface area contributed by atoms with E-state index in [0.717, 1.165) is 13.0 Å². The largest absolute Gasteiger partial charge is 0.382 e. The Morgan fingerprint density at radius 3 is 2.38 bits per heavy atom. The van der Waals surface area contributed by atoms with Gasteiger partial charge in [0, 0.05) is 18.5 Å². The SMILES string of the molecule is CCNc1cnc(C(C)C)nc1C(=O)NC(CC)C(C)C. The summed E-state index contributed by atoms with van der Waals surface area (Å²) in [6, 6.07) is 0.157. The molecule has 21 heavy (non-hydrogen) atoms. The van der Waals surface area contributed by atoms with E-state index in [1.807, 2.05) is 20.8 Å². The highest BCUT2D eigenvalue weighted by molar-refractivity contribution is 5.97. The van der Waals surface area contributed by atoms with Crippen molar-refractivity contribution >= 4 is 11.6 Å². The molecule has 5 heteroatoms. The standard InChI is InChI=1S/C16H28N4O/c1-7-12(10(3)4)19-16(21)14-13(17-8-2)9-18-15(20-14)11(5)6/h9-12,17H,7-8H2,1-6H3,(H,19,21). The summed E-state index contributed by atoms with van der Waals surface area (Å²) in [6.45, 7) is 13.1. The van der Waals surface area contributed by atoms with Gasteiger partial charge in [0.15, 0.2) is 5.69 Å². The molecule has 0 aliphatic carbocycles. The van der Waals surface area contributed by atoms with Gasteiger partial charge in [0.1, 0.15) is 5.82 Å². The third-order valence-electron chi connectivity index (χ3n) is 3.47. The van der Waals surface area contributed by atoms with Crippen molar-refractivity contribution in [1.82, 2.24) is 15.3 Å². The van der Waals surface area contributed by atoms with Crippen LogP contribution in [0.3, 0.4) is 0 Å². The Labute approximate surface area is 128 Å². The first-order chi connectivity index (χ1) is 9.90. The van der Waals surface area contributed by atoms with Gasteiger partial charge in [-0.3, -0.25) is 4.79 Å². The molecule has 1 amide bonds. The van der Waals surface area contributed by atoms with Crippen molar-refractivity contribution in [2.45, 2.75) is 59.9 Å². The highest BCUT2D eigenvalue weighted by atomic mass is 16.2. The van der Waals surface area contributed by atoms with E-state index in [4.69, 9.17) is 0 Å². The molecule has 0 fully saturated rings. The Hall–Kier alpha value is -1.65. The number of carbonyl (C=O) groups excluding carboxylic acids is 1. The van der Waals surface area contributed by atoms with Crippen LogP contribution in [0.25, 0.3) is 0 Å². The van der Waals surface area contributed by atoms with Crippen LogP contribution in [0.5, 0.6) is 0 Å². The molecular weight excluding hydrogens is 264 g/mol. The molecule has 118 valence electrons. The van der Waals surface area contributed by atoms with Gasteiger partial charge < -0.3 is 10.6 Å². The van der Waals surface area contributed by atoms with Gasteiger partial charge in [-0.1, -0.05) is 34.6 Å². The van der Waals surface area contributed by atoms with Gasteiger partial charge >= 0.3 is 0 Å². The number of nitrogens with one attached hydrogen (secondary N) is 2. The molecule has 1 aromatic rings. The molecule has 0 aliphatic rings. The summed E-state index contributed by atoms with van der Waals surface area (Å²) >= 11 is 0. The van der Waals surface area contributed by atoms with E-state index in [1.165, 1.54) is 0 Å². The Bertz CT molecular complexity index is 471. The smallest absolute Gasteiger partial charge is 0.272 e. The number of anilines is 1. The van der Waals surface area contributed by atoms with Crippen LogP contribution in [0.2, 0.25) is 0 Å². The Morgan fingerprint density at radius 1 is 1.24 bits per heavy atom. The van der Waals surface area contributed by atoms with Crippen LogP contribution in [-0.4, -0.2) is 28.5 Å². The first-order valence-electron chi connectivity index (χ1n) is 7.82. The molecule has 1 rings (SSSR count). The maximum atomic E-state index is 12.5. The van der Waals surface area contributed by atoms with Crippen molar-refractivity contribution < 1.29 is 4.79 Å². The summed E-state index contributed by atoms with van der Waals surface area (Å²) in [5.74, 6) is 1.16. The molecule has 0 radical (unpaired) electrons. The molecule has 0 saturated heterocycles. The van der Waals surface area contributed by atoms with Gasteiger partial charge in [0.25, 0.3) is 5.91 Å². The predicted molar refractivity (Wildman–Crippen MR) is 86.7 cm³/mol. The Kier molecular flexibility index (Phi) is 6.59. The average molecular weight is 292 g/mol. The monoisotopic (exact) mass is 292 g/mol. The number of aromatic nitrogens is 2. The second-order valence-electron chi connectivity index (χ2n) is 5.91. The molecular formula is C16H28N4O. The van der Waals surface area contributed by atoms with Crippen LogP contribution < -0.4 is 10.6 Å². The topological polar surface area (TPSA) is 66.9 Å². The average Bonchev–Trinajstić information content (AvgIpc) is 2.44. The normalized spacial score (nSPS) is 12.6. The minimum Gasteiger partial charge on any atom is -0.382 e. The number of carbonyl (C=O) groups is 1. The number of hydrogen-bond donors (Lipinski definition) is 2. The van der Waals surface area contributed by atoms with Crippen LogP contribution in [-0.2, 0) is 0 Å². The third-order valence-corrected chi connectivity index (χ3v) is 3.47. The fourth-order valence-corrected chi connectivity index (χ4v) is 2.14. The van der Waals surface area contributed by atoms with Crippen molar-refractivity contribution in [3.63, 3.8) is 0 Å². The van der Waals surface area contributed by atoms with Crippen molar-refractivity contribution in [2.24, 2.45) is 5.92 Å². The number of rotatable bonds is 7. The van der Waals surface area contributed by atoms with Crippen molar-refractivity contribution in [1.29, 1.82) is 0 Å². The molecule has 5 nitrogen and oxygen atoms in total.